The van der Waals surface area contributed by atoms with Gasteiger partial charge in [0.05, 0.1) is 5.60 Å². The highest BCUT2D eigenvalue weighted by atomic mass is 16.5. The number of benzene rings is 1. The van der Waals surface area contributed by atoms with E-state index in [0.29, 0.717) is 6.10 Å². The maximum absolute atomic E-state index is 9.89. The number of hydrogen-bond donors (Lipinski definition) is 1. The Morgan fingerprint density at radius 1 is 1.14 bits per heavy atom. The van der Waals surface area contributed by atoms with E-state index in [1.165, 1.54) is 5.56 Å². The second-order valence-electron chi connectivity index (χ2n) is 6.94. The zero-order valence-electron chi connectivity index (χ0n) is 13.1. The van der Waals surface area contributed by atoms with Crippen LogP contribution in [0.1, 0.15) is 19.4 Å². The van der Waals surface area contributed by atoms with Gasteiger partial charge < -0.3 is 9.84 Å². The number of β-amino-alcohol motifs (C(OH)–C–C–N with tert-alkyl or cyclic N) is 1. The highest BCUT2D eigenvalue weighted by molar-refractivity contribution is 5.37. The van der Waals surface area contributed by atoms with Crippen molar-refractivity contribution in [2.24, 2.45) is 0 Å². The molecule has 3 rings (SSSR count). The van der Waals surface area contributed by atoms with E-state index in [4.69, 9.17) is 4.74 Å². The summed E-state index contributed by atoms with van der Waals surface area (Å²) in [7, 11) is 0. The smallest absolute Gasteiger partial charge is 0.123 e. The Kier molecular flexibility index (Phi) is 4.20. The van der Waals surface area contributed by atoms with Gasteiger partial charge in [0.2, 0.25) is 0 Å². The minimum Gasteiger partial charge on any atom is -0.488 e. The topological polar surface area (TPSA) is 35.9 Å². The standard InChI is InChI=1S/C17H26N2O2/c1-17(2,20)13-19-9-7-18(8-10-19)12-15-11-14-5-3-4-6-16(14)21-15/h3-6,15,20H,7-13H2,1-2H3. The normalized spacial score (nSPS) is 23.9. The Labute approximate surface area is 127 Å². The average Bonchev–Trinajstić information content (AvgIpc) is 2.81. The molecule has 4 nitrogen and oxygen atoms in total. The van der Waals surface area contributed by atoms with Crippen LogP contribution in [0.3, 0.4) is 0 Å². The molecule has 0 spiro atoms. The van der Waals surface area contributed by atoms with Crippen molar-refractivity contribution in [2.75, 3.05) is 39.3 Å². The van der Waals surface area contributed by atoms with Crippen LogP contribution in [0.25, 0.3) is 0 Å². The number of ether oxygens (including phenoxy) is 1. The Balaban J connectivity index is 1.45. The molecule has 0 bridgehead atoms. The molecular formula is C17H26N2O2. The van der Waals surface area contributed by atoms with E-state index in [1.54, 1.807) is 0 Å². The fraction of sp³-hybridized carbons (Fsp3) is 0.647. The number of fused-ring (bicyclic) bond motifs is 1. The zero-order valence-corrected chi connectivity index (χ0v) is 13.1. The second-order valence-corrected chi connectivity index (χ2v) is 6.94. The third-order valence-electron chi connectivity index (χ3n) is 4.25. The van der Waals surface area contributed by atoms with Crippen LogP contribution in [0.5, 0.6) is 5.75 Å². The summed E-state index contributed by atoms with van der Waals surface area (Å²) < 4.78 is 6.02. The molecule has 116 valence electrons. The van der Waals surface area contributed by atoms with Crippen LogP contribution in [0.2, 0.25) is 0 Å². The summed E-state index contributed by atoms with van der Waals surface area (Å²) in [5.41, 5.74) is 0.737. The quantitative estimate of drug-likeness (QED) is 0.909. The zero-order chi connectivity index (χ0) is 14.9. The number of nitrogens with zero attached hydrogens (tertiary/aromatic N) is 2. The van der Waals surface area contributed by atoms with Gasteiger partial charge in [-0.15, -0.1) is 0 Å². The number of hydrogen-bond acceptors (Lipinski definition) is 4. The number of piperazine rings is 1. The van der Waals surface area contributed by atoms with E-state index in [2.05, 4.69) is 28.0 Å². The van der Waals surface area contributed by atoms with Crippen molar-refractivity contribution >= 4 is 0 Å². The van der Waals surface area contributed by atoms with Gasteiger partial charge in [-0.05, 0) is 25.5 Å². The summed E-state index contributed by atoms with van der Waals surface area (Å²) in [6.45, 7) is 9.70. The third kappa shape index (κ3) is 3.96. The van der Waals surface area contributed by atoms with E-state index in [-0.39, 0.29) is 0 Å². The lowest BCUT2D eigenvalue weighted by molar-refractivity contribution is 0.0130. The lowest BCUT2D eigenvalue weighted by atomic mass is 10.1. The van der Waals surface area contributed by atoms with Gasteiger partial charge in [0.15, 0.2) is 0 Å². The SMILES string of the molecule is CC(C)(O)CN1CCN(CC2Cc3ccccc3O2)CC1. The minimum atomic E-state index is -0.599. The summed E-state index contributed by atoms with van der Waals surface area (Å²) in [4.78, 5) is 4.83. The third-order valence-corrected chi connectivity index (χ3v) is 4.25. The predicted molar refractivity (Wildman–Crippen MR) is 83.7 cm³/mol. The molecule has 1 aromatic rings. The molecule has 4 heteroatoms. The first-order valence-corrected chi connectivity index (χ1v) is 7.91. The molecular weight excluding hydrogens is 264 g/mol. The van der Waals surface area contributed by atoms with Gasteiger partial charge in [-0.3, -0.25) is 9.80 Å². The van der Waals surface area contributed by atoms with E-state index in [0.717, 1.165) is 51.4 Å². The second kappa shape index (κ2) is 5.95. The summed E-state index contributed by atoms with van der Waals surface area (Å²) >= 11 is 0. The van der Waals surface area contributed by atoms with Crippen LogP contribution in [0.4, 0.5) is 0 Å². The molecule has 0 amide bonds. The van der Waals surface area contributed by atoms with Crippen LogP contribution in [0, 0.1) is 0 Å². The molecule has 2 aliphatic rings. The van der Waals surface area contributed by atoms with Crippen molar-refractivity contribution in [1.29, 1.82) is 0 Å². The predicted octanol–water partition coefficient (Wildman–Crippen LogP) is 1.38. The average molecular weight is 290 g/mol. The van der Waals surface area contributed by atoms with Gasteiger partial charge in [0.1, 0.15) is 11.9 Å². The Hall–Kier alpha value is -1.10. The molecule has 1 fully saturated rings. The van der Waals surface area contributed by atoms with Gasteiger partial charge in [0.25, 0.3) is 0 Å². The molecule has 0 radical (unpaired) electrons. The lowest BCUT2D eigenvalue weighted by Crippen LogP contribution is -2.52. The summed E-state index contributed by atoms with van der Waals surface area (Å²) in [5.74, 6) is 1.06. The summed E-state index contributed by atoms with van der Waals surface area (Å²) in [6.07, 6.45) is 1.32. The molecule has 1 aromatic carbocycles. The summed E-state index contributed by atoms with van der Waals surface area (Å²) in [6, 6.07) is 8.35. The van der Waals surface area contributed by atoms with E-state index >= 15 is 0 Å². The van der Waals surface area contributed by atoms with Gasteiger partial charge in [0, 0.05) is 45.7 Å². The fourth-order valence-corrected chi connectivity index (χ4v) is 3.32. The molecule has 21 heavy (non-hydrogen) atoms. The van der Waals surface area contributed by atoms with Crippen LogP contribution in [-0.2, 0) is 6.42 Å². The number of aliphatic hydroxyl groups is 1. The number of rotatable bonds is 4. The Morgan fingerprint density at radius 3 is 2.48 bits per heavy atom. The molecule has 0 aliphatic carbocycles. The number of para-hydroxylation sites is 1. The molecule has 2 heterocycles. The molecule has 2 aliphatic heterocycles. The van der Waals surface area contributed by atoms with E-state index in [1.807, 2.05) is 19.9 Å². The Bertz CT molecular complexity index is 451. The highest BCUT2D eigenvalue weighted by Crippen LogP contribution is 2.28. The summed E-state index contributed by atoms with van der Waals surface area (Å²) in [5, 5.41) is 9.89. The maximum atomic E-state index is 9.89. The van der Waals surface area contributed by atoms with Gasteiger partial charge in [-0.1, -0.05) is 18.2 Å². The maximum Gasteiger partial charge on any atom is 0.123 e. The van der Waals surface area contributed by atoms with E-state index in [9.17, 15) is 5.11 Å². The Morgan fingerprint density at radius 2 is 1.81 bits per heavy atom. The molecule has 1 unspecified atom stereocenters. The van der Waals surface area contributed by atoms with Crippen molar-refractivity contribution < 1.29 is 9.84 Å². The fourth-order valence-electron chi connectivity index (χ4n) is 3.32. The lowest BCUT2D eigenvalue weighted by Gasteiger charge is -2.37. The molecule has 1 atom stereocenters. The van der Waals surface area contributed by atoms with Crippen molar-refractivity contribution in [3.05, 3.63) is 29.8 Å². The van der Waals surface area contributed by atoms with E-state index < -0.39 is 5.60 Å². The van der Waals surface area contributed by atoms with Crippen molar-refractivity contribution in [3.63, 3.8) is 0 Å². The first kappa shape index (κ1) is 14.8. The first-order valence-electron chi connectivity index (χ1n) is 7.91. The highest BCUT2D eigenvalue weighted by Gasteiger charge is 2.27. The molecule has 1 N–H and O–H groups in total. The van der Waals surface area contributed by atoms with Gasteiger partial charge in [-0.2, -0.15) is 0 Å². The van der Waals surface area contributed by atoms with Crippen LogP contribution in [0.15, 0.2) is 24.3 Å². The first-order chi connectivity index (χ1) is 9.99. The monoisotopic (exact) mass is 290 g/mol. The molecule has 0 saturated carbocycles. The van der Waals surface area contributed by atoms with Crippen molar-refractivity contribution in [3.8, 4) is 5.75 Å². The van der Waals surface area contributed by atoms with Crippen LogP contribution in [-0.4, -0.2) is 65.9 Å². The van der Waals surface area contributed by atoms with Crippen LogP contribution < -0.4 is 4.74 Å². The minimum absolute atomic E-state index is 0.295. The largest absolute Gasteiger partial charge is 0.488 e. The van der Waals surface area contributed by atoms with Gasteiger partial charge >= 0.3 is 0 Å². The molecule has 0 aromatic heterocycles. The van der Waals surface area contributed by atoms with Crippen LogP contribution >= 0.6 is 0 Å². The molecule has 1 saturated heterocycles. The van der Waals surface area contributed by atoms with Gasteiger partial charge in [-0.25, -0.2) is 0 Å². The van der Waals surface area contributed by atoms with Crippen molar-refractivity contribution in [1.82, 2.24) is 9.80 Å². The van der Waals surface area contributed by atoms with Crippen molar-refractivity contribution in [2.45, 2.75) is 32.0 Å².